The molecule has 1 amide bonds. The third-order valence-electron chi connectivity index (χ3n) is 3.33. The molecule has 0 aromatic carbocycles. The van der Waals surface area contributed by atoms with Crippen LogP contribution in [0.1, 0.15) is 25.7 Å². The lowest BCUT2D eigenvalue weighted by Gasteiger charge is -2.32. The summed E-state index contributed by atoms with van der Waals surface area (Å²) >= 11 is 0. The summed E-state index contributed by atoms with van der Waals surface area (Å²) < 4.78 is 29.0. The molecule has 2 aliphatic carbocycles. The number of amides is 1. The van der Waals surface area contributed by atoms with Crippen LogP contribution in [0.3, 0.4) is 0 Å². The largest absolute Gasteiger partial charge is 0.373 e. The molecule has 0 heterocycles. The Hall–Kier alpha value is -0.750. The standard InChI is InChI=1S/C11H18F2N2O2/c12-9(13)5-17-6-11(10(14)16,7-1-2-7)15-8-3-4-8/h7-9,15H,1-6H2,(H2,14,16). The average molecular weight is 248 g/mol. The molecule has 2 rings (SSSR count). The molecule has 0 aliphatic heterocycles. The van der Waals surface area contributed by atoms with Gasteiger partial charge in [-0.2, -0.15) is 0 Å². The smallest absolute Gasteiger partial charge is 0.261 e. The zero-order chi connectivity index (χ0) is 12.5. The lowest BCUT2D eigenvalue weighted by atomic mass is 9.93. The van der Waals surface area contributed by atoms with Gasteiger partial charge >= 0.3 is 0 Å². The first-order valence-corrected chi connectivity index (χ1v) is 5.98. The van der Waals surface area contributed by atoms with Crippen LogP contribution in [-0.2, 0) is 9.53 Å². The molecule has 0 radical (unpaired) electrons. The molecule has 1 unspecified atom stereocenters. The van der Waals surface area contributed by atoms with Crippen LogP contribution in [0, 0.1) is 5.92 Å². The van der Waals surface area contributed by atoms with Gasteiger partial charge in [-0.3, -0.25) is 10.1 Å². The first kappa shape index (κ1) is 12.7. The van der Waals surface area contributed by atoms with Gasteiger partial charge in [-0.15, -0.1) is 0 Å². The number of nitrogens with two attached hydrogens (primary N) is 1. The van der Waals surface area contributed by atoms with Crippen molar-refractivity contribution < 1.29 is 18.3 Å². The number of hydrogen-bond acceptors (Lipinski definition) is 3. The van der Waals surface area contributed by atoms with Crippen LogP contribution >= 0.6 is 0 Å². The highest BCUT2D eigenvalue weighted by molar-refractivity contribution is 5.86. The number of hydrogen-bond donors (Lipinski definition) is 2. The van der Waals surface area contributed by atoms with Crippen LogP contribution in [0.15, 0.2) is 0 Å². The predicted octanol–water partition coefficient (Wildman–Crippen LogP) is 0.654. The van der Waals surface area contributed by atoms with Crippen molar-refractivity contribution in [2.75, 3.05) is 13.2 Å². The zero-order valence-electron chi connectivity index (χ0n) is 9.62. The van der Waals surface area contributed by atoms with Crippen molar-refractivity contribution in [3.8, 4) is 0 Å². The van der Waals surface area contributed by atoms with E-state index in [1.165, 1.54) is 0 Å². The van der Waals surface area contributed by atoms with Gasteiger partial charge in [-0.05, 0) is 31.6 Å². The number of halogens is 2. The molecule has 0 saturated heterocycles. The van der Waals surface area contributed by atoms with E-state index in [1.807, 2.05) is 0 Å². The molecule has 17 heavy (non-hydrogen) atoms. The Kier molecular flexibility index (Phi) is 3.63. The highest BCUT2D eigenvalue weighted by Gasteiger charge is 2.52. The maximum absolute atomic E-state index is 12.0. The zero-order valence-corrected chi connectivity index (χ0v) is 9.62. The molecule has 0 aromatic rings. The molecule has 0 aromatic heterocycles. The maximum atomic E-state index is 12.0. The minimum absolute atomic E-state index is 0.0478. The monoisotopic (exact) mass is 248 g/mol. The third kappa shape index (κ3) is 3.13. The van der Waals surface area contributed by atoms with Gasteiger partial charge < -0.3 is 10.5 Å². The van der Waals surface area contributed by atoms with Crippen molar-refractivity contribution in [1.29, 1.82) is 0 Å². The van der Waals surface area contributed by atoms with Gasteiger partial charge in [0.15, 0.2) is 0 Å². The van der Waals surface area contributed by atoms with Gasteiger partial charge in [0.05, 0.1) is 6.61 Å². The number of primary amides is 1. The van der Waals surface area contributed by atoms with E-state index < -0.39 is 24.5 Å². The van der Waals surface area contributed by atoms with Crippen LogP contribution in [0.4, 0.5) is 8.78 Å². The van der Waals surface area contributed by atoms with E-state index in [0.29, 0.717) is 6.04 Å². The molecular weight excluding hydrogens is 230 g/mol. The Balaban J connectivity index is 1.95. The van der Waals surface area contributed by atoms with E-state index in [2.05, 4.69) is 5.32 Å². The van der Waals surface area contributed by atoms with Gasteiger partial charge in [0.2, 0.25) is 5.91 Å². The van der Waals surface area contributed by atoms with Crippen LogP contribution < -0.4 is 11.1 Å². The highest BCUT2D eigenvalue weighted by Crippen LogP contribution is 2.41. The fourth-order valence-corrected chi connectivity index (χ4v) is 2.10. The number of carbonyl (C=O) groups is 1. The Morgan fingerprint density at radius 2 is 2.06 bits per heavy atom. The Labute approximate surface area is 98.9 Å². The third-order valence-corrected chi connectivity index (χ3v) is 3.33. The van der Waals surface area contributed by atoms with Crippen molar-refractivity contribution in [1.82, 2.24) is 5.32 Å². The topological polar surface area (TPSA) is 64.4 Å². The number of alkyl halides is 2. The number of rotatable bonds is 8. The van der Waals surface area contributed by atoms with Crippen molar-refractivity contribution in [2.45, 2.75) is 43.7 Å². The SMILES string of the molecule is NC(=O)C(COCC(F)F)(NC1CC1)C1CC1. The Bertz CT molecular complexity index is 293. The van der Waals surface area contributed by atoms with E-state index in [9.17, 15) is 13.6 Å². The summed E-state index contributed by atoms with van der Waals surface area (Å²) in [4.78, 5) is 11.6. The average Bonchev–Trinajstić information content (AvgIpc) is 3.10. The van der Waals surface area contributed by atoms with E-state index in [-0.39, 0.29) is 12.5 Å². The second-order valence-corrected chi connectivity index (χ2v) is 4.93. The minimum Gasteiger partial charge on any atom is -0.373 e. The lowest BCUT2D eigenvalue weighted by Crippen LogP contribution is -2.61. The molecule has 4 nitrogen and oxygen atoms in total. The normalized spacial score (nSPS) is 23.7. The minimum atomic E-state index is -2.51. The Morgan fingerprint density at radius 3 is 2.47 bits per heavy atom. The van der Waals surface area contributed by atoms with E-state index in [1.54, 1.807) is 0 Å². The van der Waals surface area contributed by atoms with E-state index in [0.717, 1.165) is 25.7 Å². The van der Waals surface area contributed by atoms with E-state index in [4.69, 9.17) is 10.5 Å². The van der Waals surface area contributed by atoms with Crippen LogP contribution in [0.25, 0.3) is 0 Å². The molecule has 2 fully saturated rings. The summed E-state index contributed by atoms with van der Waals surface area (Å²) in [5.41, 5.74) is 4.50. The Morgan fingerprint density at radius 1 is 1.41 bits per heavy atom. The summed E-state index contributed by atoms with van der Waals surface area (Å²) in [5.74, 6) is -0.348. The summed E-state index contributed by atoms with van der Waals surface area (Å²) in [7, 11) is 0. The second-order valence-electron chi connectivity index (χ2n) is 4.93. The highest BCUT2D eigenvalue weighted by atomic mass is 19.3. The van der Waals surface area contributed by atoms with Crippen LogP contribution in [0.2, 0.25) is 0 Å². The molecule has 2 saturated carbocycles. The molecule has 0 spiro atoms. The number of nitrogens with one attached hydrogen (secondary N) is 1. The summed E-state index contributed by atoms with van der Waals surface area (Å²) in [5, 5.41) is 3.20. The quantitative estimate of drug-likeness (QED) is 0.663. The van der Waals surface area contributed by atoms with Crippen molar-refractivity contribution >= 4 is 5.91 Å². The predicted molar refractivity (Wildman–Crippen MR) is 57.6 cm³/mol. The lowest BCUT2D eigenvalue weighted by molar-refractivity contribution is -0.129. The van der Waals surface area contributed by atoms with Crippen molar-refractivity contribution in [3.05, 3.63) is 0 Å². The second kappa shape index (κ2) is 4.86. The van der Waals surface area contributed by atoms with E-state index >= 15 is 0 Å². The van der Waals surface area contributed by atoms with Gasteiger partial charge in [-0.1, -0.05) is 0 Å². The van der Waals surface area contributed by atoms with Gasteiger partial charge in [0.25, 0.3) is 6.43 Å². The molecule has 98 valence electrons. The maximum Gasteiger partial charge on any atom is 0.261 e. The summed E-state index contributed by atoms with van der Waals surface area (Å²) in [6.45, 7) is -0.693. The van der Waals surface area contributed by atoms with Crippen LogP contribution in [-0.4, -0.2) is 37.1 Å². The number of carbonyl (C=O) groups excluding carboxylic acids is 1. The molecular formula is C11H18F2N2O2. The van der Waals surface area contributed by atoms with Crippen LogP contribution in [0.5, 0.6) is 0 Å². The molecule has 3 N–H and O–H groups in total. The molecule has 1 atom stereocenters. The van der Waals surface area contributed by atoms with Crippen molar-refractivity contribution in [2.24, 2.45) is 11.7 Å². The molecule has 2 aliphatic rings. The van der Waals surface area contributed by atoms with Gasteiger partial charge in [-0.25, -0.2) is 8.78 Å². The fraction of sp³-hybridized carbons (Fsp3) is 0.909. The van der Waals surface area contributed by atoms with Crippen molar-refractivity contribution in [3.63, 3.8) is 0 Å². The first-order valence-electron chi connectivity index (χ1n) is 5.98. The summed E-state index contributed by atoms with van der Waals surface area (Å²) in [6.07, 6.45) is 1.31. The summed E-state index contributed by atoms with van der Waals surface area (Å²) in [6, 6.07) is 0.290. The molecule has 0 bridgehead atoms. The van der Waals surface area contributed by atoms with Gasteiger partial charge in [0, 0.05) is 6.04 Å². The fourth-order valence-electron chi connectivity index (χ4n) is 2.10. The number of ether oxygens (including phenoxy) is 1. The van der Waals surface area contributed by atoms with Gasteiger partial charge in [0.1, 0.15) is 12.1 Å². The first-order chi connectivity index (χ1) is 8.04. The molecule has 6 heteroatoms.